The molecule has 0 aliphatic carbocycles. The molecule has 0 fully saturated rings. The molecule has 0 saturated carbocycles. The lowest BCUT2D eigenvalue weighted by molar-refractivity contribution is -0.139. The fraction of sp³-hybridized carbons (Fsp3) is 0.300. The van der Waals surface area contributed by atoms with Crippen molar-refractivity contribution in [2.75, 3.05) is 6.26 Å². The zero-order valence-electron chi connectivity index (χ0n) is 7.80. The minimum atomic E-state index is -0.994. The maximum atomic E-state index is 10.3. The molecule has 4 heteroatoms. The van der Waals surface area contributed by atoms with Gasteiger partial charge in [0, 0.05) is 4.90 Å². The number of carbonyl (C=O) groups is 1. The second-order valence-corrected chi connectivity index (χ2v) is 3.77. The van der Waals surface area contributed by atoms with E-state index < -0.39 is 12.1 Å². The van der Waals surface area contributed by atoms with Crippen LogP contribution >= 0.6 is 11.8 Å². The third kappa shape index (κ3) is 3.05. The Bertz CT molecular complexity index is 308. The molecule has 76 valence electrons. The molecule has 0 spiro atoms. The molecule has 1 aromatic rings. The van der Waals surface area contributed by atoms with Gasteiger partial charge >= 0.3 is 5.97 Å². The number of thioether (sulfide) groups is 1. The fourth-order valence-electron chi connectivity index (χ4n) is 1.11. The van der Waals surface area contributed by atoms with E-state index in [1.54, 1.807) is 23.9 Å². The Morgan fingerprint density at radius 3 is 2.43 bits per heavy atom. The van der Waals surface area contributed by atoms with Gasteiger partial charge in [0.15, 0.2) is 0 Å². The molecule has 0 aliphatic rings. The summed E-state index contributed by atoms with van der Waals surface area (Å²) in [6.07, 6.45) is 0.796. The van der Waals surface area contributed by atoms with Crippen LogP contribution in [0.4, 0.5) is 0 Å². The van der Waals surface area contributed by atoms with Crippen LogP contribution in [-0.4, -0.2) is 22.4 Å². The zero-order valence-corrected chi connectivity index (χ0v) is 8.62. The Morgan fingerprint density at radius 2 is 2.00 bits per heavy atom. The van der Waals surface area contributed by atoms with Crippen molar-refractivity contribution >= 4 is 17.7 Å². The van der Waals surface area contributed by atoms with E-state index in [0.717, 1.165) is 4.90 Å². The van der Waals surface area contributed by atoms with Crippen LogP contribution in [0.15, 0.2) is 29.2 Å². The van der Waals surface area contributed by atoms with E-state index in [2.05, 4.69) is 0 Å². The molecule has 3 nitrogen and oxygen atoms in total. The van der Waals surface area contributed by atoms with Crippen LogP contribution in [-0.2, 0) is 4.79 Å². The highest BCUT2D eigenvalue weighted by atomic mass is 32.2. The Hall–Kier alpha value is -1.00. The van der Waals surface area contributed by atoms with Crippen LogP contribution in [0.25, 0.3) is 0 Å². The second kappa shape index (κ2) is 5.02. The SMILES string of the molecule is CSc1ccc(C(O)CC(=O)O)cc1. The molecule has 0 amide bonds. The van der Waals surface area contributed by atoms with E-state index in [4.69, 9.17) is 5.11 Å². The van der Waals surface area contributed by atoms with Crippen molar-refractivity contribution < 1.29 is 15.0 Å². The van der Waals surface area contributed by atoms with E-state index in [1.807, 2.05) is 18.4 Å². The molecule has 0 radical (unpaired) electrons. The molecule has 0 aromatic heterocycles. The maximum Gasteiger partial charge on any atom is 0.306 e. The summed E-state index contributed by atoms with van der Waals surface area (Å²) in [6.45, 7) is 0. The zero-order chi connectivity index (χ0) is 10.6. The molecule has 0 heterocycles. The van der Waals surface area contributed by atoms with Crippen molar-refractivity contribution in [3.05, 3.63) is 29.8 Å². The van der Waals surface area contributed by atoms with Crippen LogP contribution in [0.5, 0.6) is 0 Å². The van der Waals surface area contributed by atoms with Gasteiger partial charge < -0.3 is 10.2 Å². The van der Waals surface area contributed by atoms with Gasteiger partial charge in [-0.1, -0.05) is 12.1 Å². The molecule has 1 aromatic carbocycles. The minimum absolute atomic E-state index is 0.251. The second-order valence-electron chi connectivity index (χ2n) is 2.89. The predicted molar refractivity (Wildman–Crippen MR) is 55.4 cm³/mol. The summed E-state index contributed by atoms with van der Waals surface area (Å²) in [5, 5.41) is 17.9. The molecule has 0 aliphatic heterocycles. The normalized spacial score (nSPS) is 12.4. The number of carboxylic acids is 1. The molecule has 2 N–H and O–H groups in total. The average Bonchev–Trinajstić information content (AvgIpc) is 2.17. The standard InChI is InChI=1S/C10H12O3S/c1-14-8-4-2-7(3-5-8)9(11)6-10(12)13/h2-5,9,11H,6H2,1H3,(H,12,13). The van der Waals surface area contributed by atoms with Gasteiger partial charge in [0.25, 0.3) is 0 Å². The summed E-state index contributed by atoms with van der Waals surface area (Å²) in [6, 6.07) is 7.23. The van der Waals surface area contributed by atoms with Gasteiger partial charge in [-0.05, 0) is 24.0 Å². The molecule has 1 rings (SSSR count). The highest BCUT2D eigenvalue weighted by molar-refractivity contribution is 7.98. The molecule has 0 bridgehead atoms. The summed E-state index contributed by atoms with van der Waals surface area (Å²) >= 11 is 1.61. The average molecular weight is 212 g/mol. The van der Waals surface area contributed by atoms with Crippen molar-refractivity contribution in [2.45, 2.75) is 17.4 Å². The Balaban J connectivity index is 2.71. The third-order valence-corrected chi connectivity index (χ3v) is 2.61. The summed E-state index contributed by atoms with van der Waals surface area (Å²) < 4.78 is 0. The van der Waals surface area contributed by atoms with Crippen molar-refractivity contribution in [3.63, 3.8) is 0 Å². The lowest BCUT2D eigenvalue weighted by Crippen LogP contribution is -2.05. The van der Waals surface area contributed by atoms with Gasteiger partial charge in [0.1, 0.15) is 0 Å². The van der Waals surface area contributed by atoms with Crippen molar-refractivity contribution in [1.82, 2.24) is 0 Å². The summed E-state index contributed by atoms with van der Waals surface area (Å²) in [4.78, 5) is 11.4. The van der Waals surface area contributed by atoms with Gasteiger partial charge in [0.2, 0.25) is 0 Å². The molecule has 1 unspecified atom stereocenters. The third-order valence-electron chi connectivity index (χ3n) is 1.87. The number of aliphatic carboxylic acids is 1. The van der Waals surface area contributed by atoms with E-state index in [-0.39, 0.29) is 6.42 Å². The number of benzene rings is 1. The first kappa shape index (κ1) is 11.1. The fourth-order valence-corrected chi connectivity index (χ4v) is 1.52. The number of hydrogen-bond acceptors (Lipinski definition) is 3. The Morgan fingerprint density at radius 1 is 1.43 bits per heavy atom. The number of carboxylic acid groups (broad SMARTS) is 1. The van der Waals surface area contributed by atoms with E-state index in [1.165, 1.54) is 0 Å². The van der Waals surface area contributed by atoms with Crippen LogP contribution in [0.3, 0.4) is 0 Å². The lowest BCUT2D eigenvalue weighted by atomic mass is 10.1. The lowest BCUT2D eigenvalue weighted by Gasteiger charge is -2.08. The van der Waals surface area contributed by atoms with Crippen molar-refractivity contribution in [1.29, 1.82) is 0 Å². The van der Waals surface area contributed by atoms with Gasteiger partial charge in [-0.25, -0.2) is 0 Å². The molecular weight excluding hydrogens is 200 g/mol. The van der Waals surface area contributed by atoms with Crippen molar-refractivity contribution in [3.8, 4) is 0 Å². The number of hydrogen-bond donors (Lipinski definition) is 2. The van der Waals surface area contributed by atoms with Gasteiger partial charge in [0.05, 0.1) is 12.5 Å². The summed E-state index contributed by atoms with van der Waals surface area (Å²) in [5.41, 5.74) is 0.644. The van der Waals surface area contributed by atoms with Gasteiger partial charge in [-0.2, -0.15) is 0 Å². The van der Waals surface area contributed by atoms with Crippen LogP contribution in [0.1, 0.15) is 18.1 Å². The van der Waals surface area contributed by atoms with Crippen LogP contribution in [0.2, 0.25) is 0 Å². The first-order valence-corrected chi connectivity index (χ1v) is 5.39. The van der Waals surface area contributed by atoms with Crippen molar-refractivity contribution in [2.24, 2.45) is 0 Å². The monoisotopic (exact) mass is 212 g/mol. The van der Waals surface area contributed by atoms with Gasteiger partial charge in [-0.3, -0.25) is 4.79 Å². The molecule has 0 saturated heterocycles. The minimum Gasteiger partial charge on any atom is -0.481 e. The highest BCUT2D eigenvalue weighted by Crippen LogP contribution is 2.20. The number of aliphatic hydroxyl groups is 1. The Kier molecular flexibility index (Phi) is 3.98. The number of rotatable bonds is 4. The van der Waals surface area contributed by atoms with Gasteiger partial charge in [-0.15, -0.1) is 11.8 Å². The molecule has 14 heavy (non-hydrogen) atoms. The van der Waals surface area contributed by atoms with E-state index >= 15 is 0 Å². The summed E-state index contributed by atoms with van der Waals surface area (Å²) in [7, 11) is 0. The molecular formula is C10H12O3S. The topological polar surface area (TPSA) is 57.5 Å². The Labute approximate surface area is 86.8 Å². The first-order chi connectivity index (χ1) is 6.63. The quantitative estimate of drug-likeness (QED) is 0.749. The maximum absolute atomic E-state index is 10.3. The number of aliphatic hydroxyl groups excluding tert-OH is 1. The van der Waals surface area contributed by atoms with E-state index in [0.29, 0.717) is 5.56 Å². The summed E-state index contributed by atoms with van der Waals surface area (Å²) in [5.74, 6) is -0.994. The van der Waals surface area contributed by atoms with Crippen LogP contribution < -0.4 is 0 Å². The molecule has 1 atom stereocenters. The highest BCUT2D eigenvalue weighted by Gasteiger charge is 2.11. The van der Waals surface area contributed by atoms with E-state index in [9.17, 15) is 9.90 Å². The first-order valence-electron chi connectivity index (χ1n) is 4.17. The smallest absolute Gasteiger partial charge is 0.306 e. The van der Waals surface area contributed by atoms with Crippen LogP contribution in [0, 0.1) is 0 Å². The largest absolute Gasteiger partial charge is 0.481 e. The predicted octanol–water partition coefficient (Wildman–Crippen LogP) is 1.92.